The van der Waals surface area contributed by atoms with E-state index in [2.05, 4.69) is 0 Å². The van der Waals surface area contributed by atoms with Crippen molar-refractivity contribution in [2.45, 2.75) is 13.1 Å². The number of carbonyl (C=O) groups excluding carboxylic acids is 4. The molecule has 56 heavy (non-hydrogen) atoms. The van der Waals surface area contributed by atoms with Crippen molar-refractivity contribution in [3.05, 3.63) is 189 Å². The Morgan fingerprint density at radius 2 is 1.05 bits per heavy atom. The number of hydrogen-bond acceptors (Lipinski definition) is 8. The van der Waals surface area contributed by atoms with Gasteiger partial charge in [-0.2, -0.15) is 0 Å². The molecular formula is C43H33Cl2N2NaO8. The number of phenolic OH excluding ortho intramolecular Hbond substituents is 2. The second kappa shape index (κ2) is 20.3. The van der Waals surface area contributed by atoms with Gasteiger partial charge >= 0.3 is 35.5 Å². The molecule has 0 radical (unpaired) electrons. The molecule has 4 aromatic carbocycles. The predicted octanol–water partition coefficient (Wildman–Crippen LogP) is 4.74. The number of carboxylic acid groups (broad SMARTS) is 1. The summed E-state index contributed by atoms with van der Waals surface area (Å²) in [6.45, 7) is 0.816. The molecule has 6 aromatic rings. The smallest absolute Gasteiger partial charge is 0.545 e. The second-order valence-corrected chi connectivity index (χ2v) is 12.8. The Morgan fingerprint density at radius 3 is 1.46 bits per heavy atom. The van der Waals surface area contributed by atoms with Crippen LogP contribution in [-0.4, -0.2) is 50.0 Å². The van der Waals surface area contributed by atoms with Crippen molar-refractivity contribution in [3.63, 3.8) is 0 Å². The van der Waals surface area contributed by atoms with E-state index in [1.54, 1.807) is 119 Å². The number of ketones is 2. The summed E-state index contributed by atoms with van der Waals surface area (Å²) in [6.07, 6.45) is 10.6. The maximum atomic E-state index is 12.7. The Morgan fingerprint density at radius 1 is 0.643 bits per heavy atom. The van der Waals surface area contributed by atoms with E-state index in [0.717, 1.165) is 0 Å². The zero-order chi connectivity index (χ0) is 39.5. The average molecular weight is 800 g/mol. The van der Waals surface area contributed by atoms with Gasteiger partial charge in [0.2, 0.25) is 11.6 Å². The van der Waals surface area contributed by atoms with E-state index in [4.69, 9.17) is 27.9 Å². The Kier molecular flexibility index (Phi) is 15.7. The van der Waals surface area contributed by atoms with Gasteiger partial charge in [0, 0.05) is 52.2 Å². The number of nitrogens with zero attached hydrogens (tertiary/aromatic N) is 2. The molecule has 0 unspecified atom stereocenters. The first kappa shape index (κ1) is 43.1. The van der Waals surface area contributed by atoms with Crippen LogP contribution in [0.2, 0.25) is 10.0 Å². The van der Waals surface area contributed by atoms with Gasteiger partial charge in [0.05, 0.1) is 30.0 Å². The number of rotatable bonds is 12. The van der Waals surface area contributed by atoms with Gasteiger partial charge in [-0.25, -0.2) is 4.79 Å². The van der Waals surface area contributed by atoms with Crippen molar-refractivity contribution in [1.82, 2.24) is 9.13 Å². The number of esters is 1. The first-order valence-electron chi connectivity index (χ1n) is 16.6. The minimum atomic E-state index is -1.30. The number of aromatic nitrogens is 2. The van der Waals surface area contributed by atoms with Crippen molar-refractivity contribution < 1.29 is 68.8 Å². The normalized spacial score (nSPS) is 10.8. The number of hydrogen-bond donors (Lipinski definition) is 2. The van der Waals surface area contributed by atoms with E-state index >= 15 is 0 Å². The molecule has 2 N–H and O–H groups in total. The fraction of sp³-hybridized carbons (Fsp3) is 0.0698. The molecule has 0 saturated carbocycles. The molecule has 2 aromatic heterocycles. The van der Waals surface area contributed by atoms with E-state index in [0.29, 0.717) is 62.3 Å². The molecule has 0 spiro atoms. The second-order valence-electron chi connectivity index (χ2n) is 11.9. The van der Waals surface area contributed by atoms with E-state index in [1.807, 2.05) is 6.08 Å². The average Bonchev–Trinajstić information content (AvgIpc) is 3.86. The summed E-state index contributed by atoms with van der Waals surface area (Å²) in [6, 6.07) is 28.7. The molecule has 2 heterocycles. The number of aromatic hydroxyl groups is 2. The van der Waals surface area contributed by atoms with Crippen LogP contribution in [0.15, 0.2) is 134 Å². The first-order valence-corrected chi connectivity index (χ1v) is 17.4. The molecule has 0 aliphatic heterocycles. The van der Waals surface area contributed by atoms with E-state index in [-0.39, 0.29) is 58.2 Å². The molecule has 0 bridgehead atoms. The largest absolute Gasteiger partial charge is 1.00 e. The van der Waals surface area contributed by atoms with E-state index in [9.17, 15) is 34.5 Å². The standard InChI is InChI=1S/C22H18ClNO4.C21H16ClNO4.Na/c1-28-22(27)19-14-17(23)9-6-15(19)4-2-12-24-13-3-5-20(24)21(26)16-7-10-18(25)11-8-16;22-16-8-5-14(18(13-16)21(26)27)3-1-11-23-12-2-4-19(23)20(25)15-6-9-17(24)10-7-15;/h2-11,13-14,25H,12H2,1H3;1-10,12-13,24H,11H2,(H,26,27);/q;;+1/p-1/b4-2+;3-1+;. The van der Waals surface area contributed by atoms with Gasteiger partial charge in [-0.1, -0.05) is 59.6 Å². The number of ether oxygens (including phenoxy) is 1. The topological polar surface area (TPSA) is 151 Å². The molecule has 13 heteroatoms. The van der Waals surface area contributed by atoms with Crippen LogP contribution in [-0.2, 0) is 17.8 Å². The van der Waals surface area contributed by atoms with Crippen LogP contribution in [0, 0.1) is 0 Å². The van der Waals surface area contributed by atoms with Crippen molar-refractivity contribution in [2.24, 2.45) is 0 Å². The van der Waals surface area contributed by atoms with Crippen molar-refractivity contribution in [3.8, 4) is 11.5 Å². The third kappa shape index (κ3) is 11.2. The Bertz CT molecular complexity index is 2400. The van der Waals surface area contributed by atoms with Crippen molar-refractivity contribution >= 4 is 58.9 Å². The van der Waals surface area contributed by atoms with E-state index in [1.165, 1.54) is 37.4 Å². The summed E-state index contributed by atoms with van der Waals surface area (Å²) in [4.78, 5) is 48.5. The summed E-state index contributed by atoms with van der Waals surface area (Å²) in [5.41, 5.74) is 3.50. The molecule has 278 valence electrons. The van der Waals surface area contributed by atoms with Gasteiger partial charge in [0.1, 0.15) is 11.5 Å². The summed E-state index contributed by atoms with van der Waals surface area (Å²) in [7, 11) is 1.32. The number of allylic oxidation sites excluding steroid dienone is 2. The fourth-order valence-electron chi connectivity index (χ4n) is 5.48. The van der Waals surface area contributed by atoms with Gasteiger partial charge in [-0.3, -0.25) is 9.59 Å². The summed E-state index contributed by atoms with van der Waals surface area (Å²) in [5, 5.41) is 30.7. The van der Waals surface area contributed by atoms with Crippen LogP contribution in [0.25, 0.3) is 12.2 Å². The fourth-order valence-corrected chi connectivity index (χ4v) is 5.82. The van der Waals surface area contributed by atoms with Crippen LogP contribution in [0.5, 0.6) is 11.5 Å². The quantitative estimate of drug-likeness (QED) is 0.103. The minimum Gasteiger partial charge on any atom is -0.545 e. The zero-order valence-corrected chi connectivity index (χ0v) is 33.8. The maximum Gasteiger partial charge on any atom is 1.00 e. The SMILES string of the molecule is COC(=O)c1cc(Cl)ccc1/C=C/Cn1cccc1C(=O)c1ccc(O)cc1.O=C([O-])c1cc(Cl)ccc1/C=C/Cn1cccc1C(=O)c1ccc(O)cc1.[Na+]. The van der Waals surface area contributed by atoms with E-state index < -0.39 is 11.9 Å². The number of phenols is 2. The monoisotopic (exact) mass is 798 g/mol. The third-order valence-electron chi connectivity index (χ3n) is 8.24. The van der Waals surface area contributed by atoms with Crippen LogP contribution in [0.3, 0.4) is 0 Å². The molecule has 10 nitrogen and oxygen atoms in total. The van der Waals surface area contributed by atoms with Gasteiger partial charge in [-0.15, -0.1) is 0 Å². The number of aromatic carboxylic acids is 1. The Hall–Kier alpha value is -5.62. The summed E-state index contributed by atoms with van der Waals surface area (Å²) < 4.78 is 8.35. The maximum absolute atomic E-state index is 12.7. The van der Waals surface area contributed by atoms with Crippen LogP contribution in [0.1, 0.15) is 63.9 Å². The van der Waals surface area contributed by atoms with Crippen LogP contribution in [0.4, 0.5) is 0 Å². The number of carboxylic acids is 1. The zero-order valence-electron chi connectivity index (χ0n) is 30.3. The molecule has 0 aliphatic rings. The van der Waals surface area contributed by atoms with Crippen molar-refractivity contribution in [1.29, 1.82) is 0 Å². The van der Waals surface area contributed by atoms with Crippen LogP contribution >= 0.6 is 23.2 Å². The molecule has 0 aliphatic carbocycles. The van der Waals surface area contributed by atoms with Gasteiger partial charge in [-0.05, 0) is 108 Å². The molecule has 0 atom stereocenters. The van der Waals surface area contributed by atoms with Gasteiger partial charge in [0.15, 0.2) is 0 Å². The molecular weight excluding hydrogens is 766 g/mol. The van der Waals surface area contributed by atoms with Crippen LogP contribution < -0.4 is 34.7 Å². The van der Waals surface area contributed by atoms with Crippen molar-refractivity contribution in [2.75, 3.05) is 7.11 Å². The number of halogens is 2. The number of benzene rings is 4. The predicted molar refractivity (Wildman–Crippen MR) is 209 cm³/mol. The third-order valence-corrected chi connectivity index (χ3v) is 8.71. The Labute approximate surface area is 354 Å². The molecule has 0 fully saturated rings. The first-order chi connectivity index (χ1) is 26.4. The number of methoxy groups -OCH3 is 1. The minimum absolute atomic E-state index is 0. The Balaban J connectivity index is 0.000000244. The molecule has 0 saturated heterocycles. The molecule has 0 amide bonds. The van der Waals surface area contributed by atoms with Gasteiger partial charge < -0.3 is 34.0 Å². The van der Waals surface area contributed by atoms with Gasteiger partial charge in [0.25, 0.3) is 0 Å². The molecule has 6 rings (SSSR count). The summed E-state index contributed by atoms with van der Waals surface area (Å²) >= 11 is 11.8. The summed E-state index contributed by atoms with van der Waals surface area (Å²) in [5.74, 6) is -1.88. The number of carbonyl (C=O) groups is 4.